The summed E-state index contributed by atoms with van der Waals surface area (Å²) < 4.78 is 0.141. The number of hydrogen-bond acceptors (Lipinski definition) is 3. The topological polar surface area (TPSA) is 92.2 Å². The van der Waals surface area contributed by atoms with Crippen molar-refractivity contribution in [2.45, 2.75) is 0 Å². The van der Waals surface area contributed by atoms with Crippen LogP contribution in [0.5, 0.6) is 0 Å². The Morgan fingerprint density at radius 3 is 2.60 bits per heavy atom. The van der Waals surface area contributed by atoms with Crippen LogP contribution in [0.1, 0.15) is 0 Å². The molecule has 1 aromatic heterocycles. The van der Waals surface area contributed by atoms with E-state index >= 15 is 0 Å². The highest BCUT2D eigenvalue weighted by atomic mass is 16.4. The summed E-state index contributed by atoms with van der Waals surface area (Å²) in [5.74, 6) is 0. The average Bonchev–Trinajstić information content (AvgIpc) is 2.17. The van der Waals surface area contributed by atoms with E-state index in [2.05, 4.69) is 4.98 Å². The van der Waals surface area contributed by atoms with E-state index in [0.29, 0.717) is 5.52 Å². The molecule has 15 heavy (non-hydrogen) atoms. The minimum absolute atomic E-state index is 0.141. The number of rotatable bonds is 0. The van der Waals surface area contributed by atoms with E-state index < -0.39 is 17.3 Å². The van der Waals surface area contributed by atoms with Crippen molar-refractivity contribution in [2.75, 3.05) is 0 Å². The summed E-state index contributed by atoms with van der Waals surface area (Å²) in [6, 6.07) is 6.22. The van der Waals surface area contributed by atoms with Crippen molar-refractivity contribution in [3.63, 3.8) is 0 Å². The molecule has 2 N–H and O–H groups in total. The predicted octanol–water partition coefficient (Wildman–Crippen LogP) is 0.216. The summed E-state index contributed by atoms with van der Waals surface area (Å²) in [4.78, 5) is 35.7. The summed E-state index contributed by atoms with van der Waals surface area (Å²) in [7, 11) is 0. The zero-order valence-electron chi connectivity index (χ0n) is 7.43. The van der Waals surface area contributed by atoms with Crippen LogP contribution in [0.4, 0.5) is 4.79 Å². The largest absolute Gasteiger partial charge is 0.464 e. The maximum absolute atomic E-state index is 11.6. The second kappa shape index (κ2) is 3.09. The number of H-pyrrole nitrogens is 1. The molecule has 0 amide bonds. The maximum atomic E-state index is 11.6. The number of para-hydroxylation sites is 1. The normalized spacial score (nSPS) is 10.4. The van der Waals surface area contributed by atoms with Crippen LogP contribution in [-0.2, 0) is 0 Å². The lowest BCUT2D eigenvalue weighted by molar-refractivity contribution is 0.194. The summed E-state index contributed by atoms with van der Waals surface area (Å²) in [5.41, 5.74) is -1.46. The van der Waals surface area contributed by atoms with Crippen LogP contribution in [0.15, 0.2) is 33.9 Å². The summed E-state index contributed by atoms with van der Waals surface area (Å²) in [6.45, 7) is 0. The van der Waals surface area contributed by atoms with Crippen molar-refractivity contribution < 1.29 is 9.90 Å². The van der Waals surface area contributed by atoms with Crippen LogP contribution >= 0.6 is 0 Å². The molecule has 0 unspecified atom stereocenters. The molecular weight excluding hydrogens is 200 g/mol. The highest BCUT2D eigenvalue weighted by Gasteiger charge is 2.11. The van der Waals surface area contributed by atoms with Crippen molar-refractivity contribution in [2.24, 2.45) is 0 Å². The summed E-state index contributed by atoms with van der Waals surface area (Å²) in [6.07, 6.45) is -1.59. The second-order valence-corrected chi connectivity index (χ2v) is 2.90. The first-order valence-electron chi connectivity index (χ1n) is 4.08. The third kappa shape index (κ3) is 1.32. The van der Waals surface area contributed by atoms with E-state index in [1.165, 1.54) is 12.1 Å². The zero-order chi connectivity index (χ0) is 11.0. The molecule has 0 radical (unpaired) electrons. The van der Waals surface area contributed by atoms with Gasteiger partial charge in [-0.25, -0.2) is 9.59 Å². The van der Waals surface area contributed by atoms with E-state index in [1.807, 2.05) is 0 Å². The fraction of sp³-hybridized carbons (Fsp3) is 0. The first kappa shape index (κ1) is 9.20. The average molecular weight is 206 g/mol. The van der Waals surface area contributed by atoms with Crippen LogP contribution in [-0.4, -0.2) is 20.8 Å². The molecule has 0 saturated heterocycles. The van der Waals surface area contributed by atoms with E-state index in [-0.39, 0.29) is 9.95 Å². The third-order valence-corrected chi connectivity index (χ3v) is 2.00. The van der Waals surface area contributed by atoms with Crippen LogP contribution in [0.2, 0.25) is 0 Å². The van der Waals surface area contributed by atoms with Gasteiger partial charge in [-0.15, -0.1) is 0 Å². The first-order chi connectivity index (χ1) is 7.11. The summed E-state index contributed by atoms with van der Waals surface area (Å²) in [5, 5.41) is 8.82. The number of hydrogen-bond donors (Lipinski definition) is 2. The molecule has 1 heterocycles. The van der Waals surface area contributed by atoms with Gasteiger partial charge in [0.2, 0.25) is 0 Å². The van der Waals surface area contributed by atoms with Gasteiger partial charge < -0.3 is 10.1 Å². The molecule has 1 aromatic carbocycles. The Balaban J connectivity index is 3.04. The Morgan fingerprint density at radius 2 is 1.93 bits per heavy atom. The zero-order valence-corrected chi connectivity index (χ0v) is 7.43. The van der Waals surface area contributed by atoms with E-state index in [9.17, 15) is 14.4 Å². The van der Waals surface area contributed by atoms with Gasteiger partial charge in [0.15, 0.2) is 0 Å². The van der Waals surface area contributed by atoms with Gasteiger partial charge in [-0.3, -0.25) is 4.79 Å². The van der Waals surface area contributed by atoms with Gasteiger partial charge in [-0.05, 0) is 12.1 Å². The van der Waals surface area contributed by atoms with E-state index in [0.717, 1.165) is 0 Å². The van der Waals surface area contributed by atoms with Crippen molar-refractivity contribution in [1.29, 1.82) is 0 Å². The van der Waals surface area contributed by atoms with Crippen LogP contribution in [0, 0.1) is 0 Å². The number of benzene rings is 1. The smallest absolute Gasteiger partial charge is 0.422 e. The lowest BCUT2D eigenvalue weighted by Crippen LogP contribution is -2.39. The molecule has 0 atom stereocenters. The number of aromatic nitrogens is 2. The molecule has 2 aromatic rings. The molecular formula is C9H6N2O4. The van der Waals surface area contributed by atoms with Gasteiger partial charge in [0.25, 0.3) is 5.56 Å². The van der Waals surface area contributed by atoms with Crippen molar-refractivity contribution in [3.05, 3.63) is 45.1 Å². The van der Waals surface area contributed by atoms with Gasteiger partial charge in [-0.2, -0.15) is 4.57 Å². The van der Waals surface area contributed by atoms with Gasteiger partial charge in [0.1, 0.15) is 0 Å². The highest BCUT2D eigenvalue weighted by Crippen LogP contribution is 2.02. The number of carboxylic acid groups (broad SMARTS) is 1. The molecule has 0 spiro atoms. The van der Waals surface area contributed by atoms with Gasteiger partial charge in [0.05, 0.1) is 10.9 Å². The standard InChI is InChI=1S/C9H6N2O4/c12-7-5-3-1-2-4-6(5)10-8(13)11(7)9(14)15/h1-4H,(H,10,13)(H,14,15). The monoisotopic (exact) mass is 206 g/mol. The SMILES string of the molecule is O=C(O)n1c(=O)[nH]c2ccccc2c1=O. The lowest BCUT2D eigenvalue weighted by atomic mass is 10.2. The van der Waals surface area contributed by atoms with Gasteiger partial charge in [0, 0.05) is 0 Å². The minimum atomic E-state index is -1.59. The molecule has 0 fully saturated rings. The van der Waals surface area contributed by atoms with Crippen LogP contribution < -0.4 is 11.2 Å². The molecule has 76 valence electrons. The number of carbonyl (C=O) groups is 1. The van der Waals surface area contributed by atoms with Crippen molar-refractivity contribution in [1.82, 2.24) is 9.55 Å². The number of fused-ring (bicyclic) bond motifs is 1. The Kier molecular flexibility index (Phi) is 1.89. The molecule has 0 aliphatic rings. The highest BCUT2D eigenvalue weighted by molar-refractivity contribution is 5.79. The predicted molar refractivity (Wildman–Crippen MR) is 52.3 cm³/mol. The Bertz CT molecular complexity index is 653. The van der Waals surface area contributed by atoms with Crippen molar-refractivity contribution in [3.8, 4) is 0 Å². The fourth-order valence-corrected chi connectivity index (χ4v) is 1.34. The molecule has 6 heteroatoms. The maximum Gasteiger partial charge on any atom is 0.422 e. The van der Waals surface area contributed by atoms with E-state index in [1.54, 1.807) is 12.1 Å². The first-order valence-corrected chi connectivity index (χ1v) is 4.08. The molecule has 0 saturated carbocycles. The van der Waals surface area contributed by atoms with Crippen LogP contribution in [0.3, 0.4) is 0 Å². The van der Waals surface area contributed by atoms with Crippen molar-refractivity contribution >= 4 is 17.0 Å². The van der Waals surface area contributed by atoms with E-state index in [4.69, 9.17) is 5.11 Å². The van der Waals surface area contributed by atoms with Gasteiger partial charge in [-0.1, -0.05) is 12.1 Å². The number of aromatic amines is 1. The molecule has 2 rings (SSSR count). The molecule has 6 nitrogen and oxygen atoms in total. The fourth-order valence-electron chi connectivity index (χ4n) is 1.34. The molecule has 0 aliphatic carbocycles. The molecule has 0 aliphatic heterocycles. The lowest BCUT2D eigenvalue weighted by Gasteiger charge is -1.99. The third-order valence-electron chi connectivity index (χ3n) is 2.00. The quantitative estimate of drug-likeness (QED) is 0.644. The number of nitrogens with one attached hydrogen (secondary N) is 1. The summed E-state index contributed by atoms with van der Waals surface area (Å²) >= 11 is 0. The Morgan fingerprint density at radius 1 is 1.27 bits per heavy atom. The number of nitrogens with zero attached hydrogens (tertiary/aromatic N) is 1. The Hall–Kier alpha value is -2.37. The van der Waals surface area contributed by atoms with Gasteiger partial charge >= 0.3 is 11.8 Å². The minimum Gasteiger partial charge on any atom is -0.464 e. The molecule has 0 bridgehead atoms. The Labute approximate surface area is 82.4 Å². The second-order valence-electron chi connectivity index (χ2n) is 2.90. The van der Waals surface area contributed by atoms with Crippen LogP contribution in [0.25, 0.3) is 10.9 Å².